The number of hydrogen-bond acceptors (Lipinski definition) is 1. The molecule has 27 heavy (non-hydrogen) atoms. The molecule has 0 bridgehead atoms. The van der Waals surface area contributed by atoms with Gasteiger partial charge in [0, 0.05) is 12.0 Å². The summed E-state index contributed by atoms with van der Waals surface area (Å²) in [5, 5.41) is 0. The van der Waals surface area contributed by atoms with E-state index in [2.05, 4.69) is 6.92 Å². The van der Waals surface area contributed by atoms with Crippen LogP contribution in [0.15, 0.2) is 66.5 Å². The normalized spacial score (nSPS) is 19.4. The minimum absolute atomic E-state index is 0.173. The lowest BCUT2D eigenvalue weighted by Gasteiger charge is -2.30. The summed E-state index contributed by atoms with van der Waals surface area (Å²) in [4.78, 5) is 0. The number of allylic oxidation sites excluding steroid dienone is 4. The van der Waals surface area contributed by atoms with E-state index in [-0.39, 0.29) is 17.6 Å². The number of unbranched alkanes of at least 4 members (excludes halogenated alkanes) is 2. The number of alkyl halides is 1. The van der Waals surface area contributed by atoms with E-state index in [1.165, 1.54) is 30.4 Å². The summed E-state index contributed by atoms with van der Waals surface area (Å²) < 4.78 is 49.4. The van der Waals surface area contributed by atoms with Gasteiger partial charge in [-0.2, -0.15) is 0 Å². The van der Waals surface area contributed by atoms with E-state index < -0.39 is 17.3 Å². The second kappa shape index (κ2) is 8.47. The molecular weight excluding hydrogens is 349 g/mol. The van der Waals surface area contributed by atoms with E-state index in [1.54, 1.807) is 24.3 Å². The number of halogens is 3. The quantitative estimate of drug-likeness (QED) is 0.480. The minimum atomic E-state index is -2.00. The van der Waals surface area contributed by atoms with E-state index in [4.69, 9.17) is 4.74 Å². The lowest BCUT2D eigenvalue weighted by molar-refractivity contribution is 0.246. The summed E-state index contributed by atoms with van der Waals surface area (Å²) in [5.74, 6) is -0.406. The van der Waals surface area contributed by atoms with Gasteiger partial charge in [0.25, 0.3) is 0 Å². The molecule has 1 aliphatic carbocycles. The van der Waals surface area contributed by atoms with Crippen molar-refractivity contribution in [1.29, 1.82) is 0 Å². The number of benzene rings is 2. The lowest BCUT2D eigenvalue weighted by Crippen LogP contribution is -2.24. The molecule has 1 aliphatic rings. The van der Waals surface area contributed by atoms with E-state index in [9.17, 15) is 8.78 Å². The summed E-state index contributed by atoms with van der Waals surface area (Å²) in [5.41, 5.74) is -1.13. The average molecular weight is 372 g/mol. The van der Waals surface area contributed by atoms with Crippen LogP contribution in [-0.2, 0) is 5.67 Å². The molecule has 0 N–H and O–H groups in total. The third-order valence-electron chi connectivity index (χ3n) is 4.73. The molecule has 2 aromatic rings. The van der Waals surface area contributed by atoms with Crippen LogP contribution in [0, 0.1) is 5.82 Å². The maximum Gasteiger partial charge on any atom is 0.165 e. The fraction of sp³-hybridized carbons (Fsp3) is 0.304. The Hall–Kier alpha value is -2.49. The van der Waals surface area contributed by atoms with Crippen molar-refractivity contribution in [2.24, 2.45) is 0 Å². The molecule has 0 aliphatic heterocycles. The molecule has 0 saturated heterocycles. The zero-order chi connectivity index (χ0) is 19.3. The fourth-order valence-corrected chi connectivity index (χ4v) is 3.28. The van der Waals surface area contributed by atoms with Crippen LogP contribution in [0.2, 0.25) is 0 Å². The maximum absolute atomic E-state index is 16.0. The Morgan fingerprint density at radius 2 is 1.85 bits per heavy atom. The smallest absolute Gasteiger partial charge is 0.165 e. The Bertz CT molecular complexity index is 856. The van der Waals surface area contributed by atoms with Gasteiger partial charge in [0.15, 0.2) is 5.67 Å². The summed E-state index contributed by atoms with van der Waals surface area (Å²) in [6.45, 7) is 2.70. The molecule has 0 aromatic heterocycles. The van der Waals surface area contributed by atoms with Crippen molar-refractivity contribution < 1.29 is 17.9 Å². The summed E-state index contributed by atoms with van der Waals surface area (Å²) in [6, 6.07) is 12.4. The standard InChI is InChI=1S/C23H23F3O/c1-2-3-4-13-27-21-10-5-7-17(14-21)22-16-20(25)11-12-23(22,26)18-8-6-9-19(24)15-18/h5-11,14-16H,2-4,12-13H2,1H3. The van der Waals surface area contributed by atoms with Crippen LogP contribution in [0.1, 0.15) is 43.7 Å². The highest BCUT2D eigenvalue weighted by Crippen LogP contribution is 2.47. The van der Waals surface area contributed by atoms with Crippen LogP contribution in [-0.4, -0.2) is 6.61 Å². The number of ether oxygens (including phenoxy) is 1. The summed E-state index contributed by atoms with van der Waals surface area (Å²) >= 11 is 0. The highest BCUT2D eigenvalue weighted by Gasteiger charge is 2.39. The Balaban J connectivity index is 1.93. The number of rotatable bonds is 7. The molecular formula is C23H23F3O. The predicted octanol–water partition coefficient (Wildman–Crippen LogP) is 6.90. The minimum Gasteiger partial charge on any atom is -0.494 e. The zero-order valence-corrected chi connectivity index (χ0v) is 15.4. The molecule has 0 heterocycles. The van der Waals surface area contributed by atoms with Gasteiger partial charge in [-0.15, -0.1) is 0 Å². The Kier molecular flexibility index (Phi) is 6.04. The van der Waals surface area contributed by atoms with Crippen molar-refractivity contribution >= 4 is 5.57 Å². The van der Waals surface area contributed by atoms with Crippen LogP contribution in [0.3, 0.4) is 0 Å². The van der Waals surface area contributed by atoms with Gasteiger partial charge >= 0.3 is 0 Å². The van der Waals surface area contributed by atoms with E-state index in [0.717, 1.165) is 25.3 Å². The van der Waals surface area contributed by atoms with Crippen LogP contribution < -0.4 is 4.74 Å². The first-order chi connectivity index (χ1) is 13.0. The van der Waals surface area contributed by atoms with Crippen molar-refractivity contribution in [1.82, 2.24) is 0 Å². The predicted molar refractivity (Wildman–Crippen MR) is 102 cm³/mol. The average Bonchev–Trinajstić information content (AvgIpc) is 2.67. The van der Waals surface area contributed by atoms with Crippen molar-refractivity contribution in [3.05, 3.63) is 83.5 Å². The van der Waals surface area contributed by atoms with Crippen molar-refractivity contribution in [3.8, 4) is 5.75 Å². The van der Waals surface area contributed by atoms with Gasteiger partial charge in [-0.1, -0.05) is 44.0 Å². The molecule has 0 spiro atoms. The first-order valence-corrected chi connectivity index (χ1v) is 9.29. The third kappa shape index (κ3) is 4.44. The zero-order valence-electron chi connectivity index (χ0n) is 15.4. The highest BCUT2D eigenvalue weighted by atomic mass is 19.1. The van der Waals surface area contributed by atoms with Crippen molar-refractivity contribution in [2.45, 2.75) is 38.3 Å². The monoisotopic (exact) mass is 372 g/mol. The molecule has 2 aromatic carbocycles. The first kappa shape index (κ1) is 19.3. The highest BCUT2D eigenvalue weighted by molar-refractivity contribution is 5.77. The summed E-state index contributed by atoms with van der Waals surface area (Å²) in [7, 11) is 0. The summed E-state index contributed by atoms with van der Waals surface area (Å²) in [6.07, 6.45) is 5.31. The molecule has 1 nitrogen and oxygen atoms in total. The molecule has 0 fully saturated rings. The molecule has 3 rings (SSSR count). The van der Waals surface area contributed by atoms with Crippen LogP contribution >= 0.6 is 0 Å². The molecule has 142 valence electrons. The largest absolute Gasteiger partial charge is 0.494 e. The van der Waals surface area contributed by atoms with Gasteiger partial charge in [0.05, 0.1) is 6.61 Å². The molecule has 0 radical (unpaired) electrons. The Morgan fingerprint density at radius 1 is 1.04 bits per heavy atom. The van der Waals surface area contributed by atoms with Gasteiger partial charge in [0.1, 0.15) is 17.4 Å². The van der Waals surface area contributed by atoms with Gasteiger partial charge in [-0.05, 0) is 54.0 Å². The van der Waals surface area contributed by atoms with Crippen molar-refractivity contribution in [3.63, 3.8) is 0 Å². The van der Waals surface area contributed by atoms with Crippen LogP contribution in [0.25, 0.3) is 5.57 Å². The van der Waals surface area contributed by atoms with Gasteiger partial charge < -0.3 is 4.74 Å². The molecule has 0 amide bonds. The van der Waals surface area contributed by atoms with Crippen LogP contribution in [0.4, 0.5) is 13.2 Å². The molecule has 1 unspecified atom stereocenters. The van der Waals surface area contributed by atoms with Crippen LogP contribution in [0.5, 0.6) is 5.75 Å². The van der Waals surface area contributed by atoms with Gasteiger partial charge in [-0.25, -0.2) is 13.2 Å². The molecule has 0 saturated carbocycles. The SMILES string of the molecule is CCCCCOc1cccc(C2=CC(F)=CCC2(F)c2cccc(F)c2)c1. The topological polar surface area (TPSA) is 9.23 Å². The van der Waals surface area contributed by atoms with E-state index >= 15 is 4.39 Å². The lowest BCUT2D eigenvalue weighted by atomic mass is 9.78. The third-order valence-corrected chi connectivity index (χ3v) is 4.73. The Morgan fingerprint density at radius 3 is 2.63 bits per heavy atom. The number of hydrogen-bond donors (Lipinski definition) is 0. The fourth-order valence-electron chi connectivity index (χ4n) is 3.28. The second-order valence-corrected chi connectivity index (χ2v) is 6.75. The second-order valence-electron chi connectivity index (χ2n) is 6.75. The van der Waals surface area contributed by atoms with E-state index in [0.29, 0.717) is 17.9 Å². The van der Waals surface area contributed by atoms with Gasteiger partial charge in [-0.3, -0.25) is 0 Å². The Labute approximate surface area is 158 Å². The van der Waals surface area contributed by atoms with Gasteiger partial charge in [0.2, 0.25) is 0 Å². The first-order valence-electron chi connectivity index (χ1n) is 9.29. The molecule has 1 atom stereocenters. The van der Waals surface area contributed by atoms with Crippen molar-refractivity contribution in [2.75, 3.05) is 6.61 Å². The maximum atomic E-state index is 16.0. The van der Waals surface area contributed by atoms with E-state index in [1.807, 2.05) is 0 Å². The molecule has 4 heteroatoms.